The van der Waals surface area contributed by atoms with E-state index < -0.39 is 0 Å². The van der Waals surface area contributed by atoms with E-state index in [0.29, 0.717) is 11.1 Å². The molecule has 15 heavy (non-hydrogen) atoms. The van der Waals surface area contributed by atoms with E-state index in [1.54, 1.807) is 13.0 Å². The van der Waals surface area contributed by atoms with Crippen LogP contribution >= 0.6 is 0 Å². The Morgan fingerprint density at radius 2 is 2.20 bits per heavy atom. The Bertz CT molecular complexity index is 396. The van der Waals surface area contributed by atoms with Crippen molar-refractivity contribution in [1.82, 2.24) is 0 Å². The number of rotatable bonds is 3. The number of hydrogen-bond acceptors (Lipinski definition) is 4. The van der Waals surface area contributed by atoms with Crippen LogP contribution in [0.3, 0.4) is 0 Å². The van der Waals surface area contributed by atoms with E-state index in [-0.39, 0.29) is 24.0 Å². The monoisotopic (exact) mass is 207 g/mol. The van der Waals surface area contributed by atoms with Gasteiger partial charge < -0.3 is 14.9 Å². The number of methoxy groups -OCH3 is 1. The third-order valence-electron chi connectivity index (χ3n) is 2.26. The van der Waals surface area contributed by atoms with Crippen LogP contribution in [0.4, 0.5) is 0 Å². The van der Waals surface area contributed by atoms with Crippen LogP contribution in [0.25, 0.3) is 0 Å². The molecule has 0 aliphatic rings. The van der Waals surface area contributed by atoms with Gasteiger partial charge in [0.2, 0.25) is 0 Å². The molecule has 80 valence electrons. The highest BCUT2D eigenvalue weighted by molar-refractivity contribution is 5.52. The predicted octanol–water partition coefficient (Wildman–Crippen LogP) is 1.37. The van der Waals surface area contributed by atoms with Gasteiger partial charge in [-0.3, -0.25) is 0 Å². The van der Waals surface area contributed by atoms with Crippen molar-refractivity contribution in [3.63, 3.8) is 0 Å². The van der Waals surface area contributed by atoms with E-state index in [1.165, 1.54) is 13.2 Å². The first kappa shape index (κ1) is 11.3. The minimum absolute atomic E-state index is 0.0157. The molecule has 1 aromatic rings. The number of benzene rings is 1. The number of aliphatic hydroxyl groups is 1. The Balaban J connectivity index is 3.31. The number of aromatic hydroxyl groups is 1. The van der Waals surface area contributed by atoms with Crippen molar-refractivity contribution in [2.75, 3.05) is 13.7 Å². The van der Waals surface area contributed by atoms with Gasteiger partial charge in [0.1, 0.15) is 0 Å². The van der Waals surface area contributed by atoms with Crippen molar-refractivity contribution in [1.29, 1.82) is 5.26 Å². The molecule has 1 aromatic carbocycles. The highest BCUT2D eigenvalue weighted by atomic mass is 16.5. The highest BCUT2D eigenvalue weighted by Crippen LogP contribution is 2.35. The molecule has 0 amide bonds. The largest absolute Gasteiger partial charge is 0.504 e. The summed E-state index contributed by atoms with van der Waals surface area (Å²) in [6.07, 6.45) is 0. The summed E-state index contributed by atoms with van der Waals surface area (Å²) in [5.74, 6) is 0.00889. The first-order chi connectivity index (χ1) is 7.13. The average Bonchev–Trinajstić information content (AvgIpc) is 2.28. The van der Waals surface area contributed by atoms with Crippen LogP contribution in [0.5, 0.6) is 11.5 Å². The Kier molecular flexibility index (Phi) is 3.53. The standard InChI is InChI=1S/C11H13NO3/c1-7(6-13)9-3-8(5-12)4-10(15-2)11(9)14/h3-4,7,13-14H,6H2,1-2H3. The van der Waals surface area contributed by atoms with Crippen LogP contribution < -0.4 is 4.74 Å². The Morgan fingerprint density at radius 1 is 1.53 bits per heavy atom. The molecule has 4 heteroatoms. The van der Waals surface area contributed by atoms with E-state index in [9.17, 15) is 5.11 Å². The van der Waals surface area contributed by atoms with Gasteiger partial charge >= 0.3 is 0 Å². The number of phenols is 1. The van der Waals surface area contributed by atoms with Gasteiger partial charge in [-0.15, -0.1) is 0 Å². The van der Waals surface area contributed by atoms with Crippen LogP contribution in [0.2, 0.25) is 0 Å². The third kappa shape index (κ3) is 2.20. The van der Waals surface area contributed by atoms with Gasteiger partial charge in [-0.1, -0.05) is 6.92 Å². The van der Waals surface area contributed by atoms with Gasteiger partial charge in [0.25, 0.3) is 0 Å². The minimum Gasteiger partial charge on any atom is -0.504 e. The number of aliphatic hydroxyl groups excluding tert-OH is 1. The fraction of sp³-hybridized carbons (Fsp3) is 0.364. The maximum atomic E-state index is 9.76. The minimum atomic E-state index is -0.229. The molecule has 1 unspecified atom stereocenters. The summed E-state index contributed by atoms with van der Waals surface area (Å²) in [4.78, 5) is 0. The molecule has 0 aliphatic carbocycles. The number of nitriles is 1. The molecule has 0 fully saturated rings. The number of nitrogens with zero attached hydrogens (tertiary/aromatic N) is 1. The number of phenolic OH excluding ortho intramolecular Hbond substituents is 1. The van der Waals surface area contributed by atoms with Crippen molar-refractivity contribution in [2.24, 2.45) is 0 Å². The summed E-state index contributed by atoms with van der Waals surface area (Å²) in [5.41, 5.74) is 0.924. The molecule has 0 saturated carbocycles. The van der Waals surface area contributed by atoms with E-state index in [2.05, 4.69) is 0 Å². The summed E-state index contributed by atoms with van der Waals surface area (Å²) in [5, 5.41) is 27.5. The van der Waals surface area contributed by atoms with Gasteiger partial charge in [-0.05, 0) is 6.07 Å². The lowest BCUT2D eigenvalue weighted by atomic mass is 9.98. The molecule has 0 saturated heterocycles. The highest BCUT2D eigenvalue weighted by Gasteiger charge is 2.15. The van der Waals surface area contributed by atoms with Gasteiger partial charge in [0.15, 0.2) is 11.5 Å². The Hall–Kier alpha value is -1.73. The second-order valence-electron chi connectivity index (χ2n) is 3.31. The molecule has 0 heterocycles. The summed E-state index contributed by atoms with van der Waals surface area (Å²) in [6.45, 7) is 1.67. The van der Waals surface area contributed by atoms with Crippen molar-refractivity contribution < 1.29 is 14.9 Å². The first-order valence-corrected chi connectivity index (χ1v) is 4.55. The number of ether oxygens (including phenoxy) is 1. The maximum Gasteiger partial charge on any atom is 0.162 e. The van der Waals surface area contributed by atoms with Crippen LogP contribution in [0.1, 0.15) is 24.0 Å². The summed E-state index contributed by atoms with van der Waals surface area (Å²) < 4.78 is 4.94. The average molecular weight is 207 g/mol. The maximum absolute atomic E-state index is 9.76. The molecule has 0 radical (unpaired) electrons. The zero-order valence-electron chi connectivity index (χ0n) is 8.69. The lowest BCUT2D eigenvalue weighted by Crippen LogP contribution is -2.01. The van der Waals surface area contributed by atoms with Crippen LogP contribution in [0, 0.1) is 11.3 Å². The molecule has 0 aromatic heterocycles. The number of hydrogen-bond donors (Lipinski definition) is 2. The fourth-order valence-electron chi connectivity index (χ4n) is 1.32. The lowest BCUT2D eigenvalue weighted by Gasteiger charge is -2.13. The van der Waals surface area contributed by atoms with E-state index >= 15 is 0 Å². The van der Waals surface area contributed by atoms with Crippen molar-refractivity contribution in [2.45, 2.75) is 12.8 Å². The molecule has 4 nitrogen and oxygen atoms in total. The summed E-state index contributed by atoms with van der Waals surface area (Å²) in [6, 6.07) is 4.99. The predicted molar refractivity (Wildman–Crippen MR) is 54.9 cm³/mol. The molecule has 0 bridgehead atoms. The van der Waals surface area contributed by atoms with Crippen LogP contribution in [0.15, 0.2) is 12.1 Å². The molecule has 1 atom stereocenters. The van der Waals surface area contributed by atoms with E-state index in [0.717, 1.165) is 0 Å². The second kappa shape index (κ2) is 4.67. The van der Waals surface area contributed by atoms with E-state index in [4.69, 9.17) is 15.1 Å². The third-order valence-corrected chi connectivity index (χ3v) is 2.26. The lowest BCUT2D eigenvalue weighted by molar-refractivity contribution is 0.269. The summed E-state index contributed by atoms with van der Waals surface area (Å²) >= 11 is 0. The van der Waals surface area contributed by atoms with Crippen LogP contribution in [-0.2, 0) is 0 Å². The molecule has 2 N–H and O–H groups in total. The van der Waals surface area contributed by atoms with Gasteiger partial charge in [0, 0.05) is 24.2 Å². The molecule has 0 spiro atoms. The normalized spacial score (nSPS) is 11.9. The Labute approximate surface area is 88.4 Å². The second-order valence-corrected chi connectivity index (χ2v) is 3.31. The summed E-state index contributed by atoms with van der Waals surface area (Å²) in [7, 11) is 1.42. The zero-order chi connectivity index (χ0) is 11.4. The topological polar surface area (TPSA) is 73.5 Å². The van der Waals surface area contributed by atoms with E-state index in [1.807, 2.05) is 6.07 Å². The van der Waals surface area contributed by atoms with Gasteiger partial charge in [0.05, 0.1) is 18.7 Å². The van der Waals surface area contributed by atoms with Crippen molar-refractivity contribution in [3.05, 3.63) is 23.3 Å². The van der Waals surface area contributed by atoms with Gasteiger partial charge in [-0.2, -0.15) is 5.26 Å². The van der Waals surface area contributed by atoms with Crippen molar-refractivity contribution in [3.8, 4) is 17.6 Å². The Morgan fingerprint density at radius 3 is 2.67 bits per heavy atom. The van der Waals surface area contributed by atoms with Crippen LogP contribution in [-0.4, -0.2) is 23.9 Å². The molecular formula is C11H13NO3. The SMILES string of the molecule is COc1cc(C#N)cc(C(C)CO)c1O. The quantitative estimate of drug-likeness (QED) is 0.785. The fourth-order valence-corrected chi connectivity index (χ4v) is 1.32. The van der Waals surface area contributed by atoms with Crippen molar-refractivity contribution >= 4 is 0 Å². The molecule has 0 aliphatic heterocycles. The molecule has 1 rings (SSSR count). The first-order valence-electron chi connectivity index (χ1n) is 4.55. The van der Waals surface area contributed by atoms with Gasteiger partial charge in [-0.25, -0.2) is 0 Å². The smallest absolute Gasteiger partial charge is 0.162 e. The molecular weight excluding hydrogens is 194 g/mol. The zero-order valence-corrected chi connectivity index (χ0v) is 8.69.